The molecule has 1 N–H and O–H groups in total. The number of hydrogen-bond acceptors (Lipinski definition) is 4. The number of rotatable bonds is 2. The average molecular weight is 261 g/mol. The average Bonchev–Trinajstić information content (AvgIpc) is 2.91. The molecule has 0 radical (unpaired) electrons. The lowest BCUT2D eigenvalue weighted by atomic mass is 10.3. The van der Waals surface area contributed by atoms with Crippen LogP contribution < -0.4 is 10.2 Å². The van der Waals surface area contributed by atoms with Crippen LogP contribution >= 0.6 is 11.3 Å². The van der Waals surface area contributed by atoms with Crippen LogP contribution in [-0.4, -0.2) is 23.8 Å². The van der Waals surface area contributed by atoms with E-state index in [1.165, 1.54) is 16.2 Å². The van der Waals surface area contributed by atoms with Gasteiger partial charge in [0.25, 0.3) is 0 Å². The third kappa shape index (κ3) is 2.72. The molecule has 6 heteroatoms. The van der Waals surface area contributed by atoms with E-state index in [2.05, 4.69) is 10.3 Å². The zero-order valence-electron chi connectivity index (χ0n) is 9.66. The van der Waals surface area contributed by atoms with E-state index in [4.69, 9.17) is 0 Å². The molecule has 5 nitrogen and oxygen atoms in total. The number of para-hydroxylation sites is 1. The molecule has 0 fully saturated rings. The zero-order valence-corrected chi connectivity index (χ0v) is 10.5. The van der Waals surface area contributed by atoms with Gasteiger partial charge in [-0.3, -0.25) is 14.9 Å². The lowest BCUT2D eigenvalue weighted by Crippen LogP contribution is -2.37. The molecule has 1 heterocycles. The molecule has 2 amide bonds. The summed E-state index contributed by atoms with van der Waals surface area (Å²) in [4.78, 5) is 28.7. The van der Waals surface area contributed by atoms with E-state index in [0.29, 0.717) is 10.8 Å². The molecule has 0 unspecified atom stereocenters. The predicted molar refractivity (Wildman–Crippen MR) is 70.6 cm³/mol. The van der Waals surface area contributed by atoms with Crippen LogP contribution in [0.4, 0.5) is 10.8 Å². The van der Waals surface area contributed by atoms with Gasteiger partial charge in [-0.1, -0.05) is 18.2 Å². The van der Waals surface area contributed by atoms with E-state index in [9.17, 15) is 9.59 Å². The second-order valence-corrected chi connectivity index (χ2v) is 4.39. The van der Waals surface area contributed by atoms with Crippen molar-refractivity contribution in [2.24, 2.45) is 0 Å². The maximum Gasteiger partial charge on any atom is 0.316 e. The minimum atomic E-state index is -0.698. The number of carbonyl (C=O) groups excluding carboxylic acids is 2. The maximum atomic E-state index is 11.9. The van der Waals surface area contributed by atoms with Crippen molar-refractivity contribution < 1.29 is 9.59 Å². The van der Waals surface area contributed by atoms with E-state index in [1.54, 1.807) is 42.9 Å². The van der Waals surface area contributed by atoms with Crippen LogP contribution in [-0.2, 0) is 9.59 Å². The fourth-order valence-electron chi connectivity index (χ4n) is 1.36. The standard InChI is InChI=1S/C12H11N3O2S/c1-15(9-5-3-2-4-6-9)11(17)10(16)14-12-13-7-8-18-12/h2-8H,1H3,(H,13,14,16). The van der Waals surface area contributed by atoms with Gasteiger partial charge in [-0.05, 0) is 12.1 Å². The van der Waals surface area contributed by atoms with Crippen LogP contribution in [0, 0.1) is 0 Å². The summed E-state index contributed by atoms with van der Waals surface area (Å²) in [6.45, 7) is 0. The van der Waals surface area contributed by atoms with Gasteiger partial charge in [0.05, 0.1) is 0 Å². The molecule has 0 saturated carbocycles. The molecule has 0 aliphatic carbocycles. The van der Waals surface area contributed by atoms with E-state index >= 15 is 0 Å². The molecular formula is C12H11N3O2S. The SMILES string of the molecule is CN(C(=O)C(=O)Nc1nccs1)c1ccccc1. The number of anilines is 2. The smallest absolute Gasteiger partial charge is 0.307 e. The van der Waals surface area contributed by atoms with Crippen LogP contribution in [0.15, 0.2) is 41.9 Å². The first-order valence-electron chi connectivity index (χ1n) is 5.22. The van der Waals surface area contributed by atoms with Crippen molar-refractivity contribution in [1.29, 1.82) is 0 Å². The number of hydrogen-bond donors (Lipinski definition) is 1. The Morgan fingerprint density at radius 1 is 1.28 bits per heavy atom. The largest absolute Gasteiger partial charge is 0.316 e. The minimum absolute atomic E-state index is 0.412. The molecule has 0 aliphatic heterocycles. The van der Waals surface area contributed by atoms with E-state index in [-0.39, 0.29) is 0 Å². The van der Waals surface area contributed by atoms with Gasteiger partial charge in [-0.15, -0.1) is 11.3 Å². The van der Waals surface area contributed by atoms with Gasteiger partial charge in [0.2, 0.25) is 0 Å². The maximum absolute atomic E-state index is 11.9. The molecule has 18 heavy (non-hydrogen) atoms. The van der Waals surface area contributed by atoms with Crippen molar-refractivity contribution in [1.82, 2.24) is 4.98 Å². The van der Waals surface area contributed by atoms with Gasteiger partial charge >= 0.3 is 11.8 Å². The normalized spacial score (nSPS) is 9.83. The van der Waals surface area contributed by atoms with Crippen molar-refractivity contribution in [2.75, 3.05) is 17.3 Å². The van der Waals surface area contributed by atoms with Gasteiger partial charge in [0.15, 0.2) is 5.13 Å². The van der Waals surface area contributed by atoms with E-state index < -0.39 is 11.8 Å². The van der Waals surface area contributed by atoms with Gasteiger partial charge in [-0.25, -0.2) is 4.98 Å². The lowest BCUT2D eigenvalue weighted by molar-refractivity contribution is -0.134. The number of aromatic nitrogens is 1. The molecule has 0 atom stereocenters. The summed E-state index contributed by atoms with van der Waals surface area (Å²) < 4.78 is 0. The summed E-state index contributed by atoms with van der Waals surface area (Å²) in [6, 6.07) is 8.97. The second-order valence-electron chi connectivity index (χ2n) is 3.49. The Hall–Kier alpha value is -2.21. The first-order valence-corrected chi connectivity index (χ1v) is 6.10. The van der Waals surface area contributed by atoms with Crippen LogP contribution in [0.3, 0.4) is 0 Å². The molecule has 1 aromatic heterocycles. The molecule has 0 spiro atoms. The van der Waals surface area contributed by atoms with E-state index in [0.717, 1.165) is 0 Å². The second kappa shape index (κ2) is 5.42. The highest BCUT2D eigenvalue weighted by molar-refractivity contribution is 7.13. The van der Waals surface area contributed by atoms with Crippen molar-refractivity contribution in [3.8, 4) is 0 Å². The number of benzene rings is 1. The highest BCUT2D eigenvalue weighted by atomic mass is 32.1. The molecule has 0 bridgehead atoms. The Bertz CT molecular complexity index is 540. The number of carbonyl (C=O) groups is 2. The van der Waals surface area contributed by atoms with Gasteiger partial charge in [0.1, 0.15) is 0 Å². The molecule has 2 aromatic rings. The topological polar surface area (TPSA) is 62.3 Å². The number of amides is 2. The summed E-state index contributed by atoms with van der Waals surface area (Å²) in [5.74, 6) is -1.33. The highest BCUT2D eigenvalue weighted by Crippen LogP contribution is 2.13. The summed E-state index contributed by atoms with van der Waals surface area (Å²) in [5.41, 5.74) is 0.664. The number of nitrogens with zero attached hydrogens (tertiary/aromatic N) is 2. The monoisotopic (exact) mass is 261 g/mol. The fraction of sp³-hybridized carbons (Fsp3) is 0.0833. The van der Waals surface area contributed by atoms with Gasteiger partial charge in [0, 0.05) is 24.3 Å². The summed E-state index contributed by atoms with van der Waals surface area (Å²) in [5, 5.41) is 4.58. The highest BCUT2D eigenvalue weighted by Gasteiger charge is 2.20. The summed E-state index contributed by atoms with van der Waals surface area (Å²) in [7, 11) is 1.55. The molecular weight excluding hydrogens is 250 g/mol. The van der Waals surface area contributed by atoms with Gasteiger partial charge in [-0.2, -0.15) is 0 Å². The number of thiazole rings is 1. The van der Waals surface area contributed by atoms with E-state index in [1.807, 2.05) is 6.07 Å². The Morgan fingerprint density at radius 2 is 2.00 bits per heavy atom. The minimum Gasteiger partial charge on any atom is -0.307 e. The zero-order chi connectivity index (χ0) is 13.0. The Labute approximate surface area is 108 Å². The first-order chi connectivity index (χ1) is 8.68. The molecule has 92 valence electrons. The van der Waals surface area contributed by atoms with Crippen LogP contribution in [0.25, 0.3) is 0 Å². The Kier molecular flexibility index (Phi) is 3.69. The van der Waals surface area contributed by atoms with Crippen LogP contribution in [0.5, 0.6) is 0 Å². The molecule has 0 saturated heterocycles. The Balaban J connectivity index is 2.05. The van der Waals surface area contributed by atoms with Crippen molar-refractivity contribution in [3.63, 3.8) is 0 Å². The van der Waals surface area contributed by atoms with Crippen LogP contribution in [0.2, 0.25) is 0 Å². The van der Waals surface area contributed by atoms with Crippen LogP contribution in [0.1, 0.15) is 0 Å². The van der Waals surface area contributed by atoms with Gasteiger partial charge < -0.3 is 4.90 Å². The Morgan fingerprint density at radius 3 is 2.61 bits per heavy atom. The third-order valence-electron chi connectivity index (χ3n) is 2.30. The quantitative estimate of drug-likeness (QED) is 0.838. The summed E-state index contributed by atoms with van der Waals surface area (Å²) in [6.07, 6.45) is 1.56. The first kappa shape index (κ1) is 12.3. The summed E-state index contributed by atoms with van der Waals surface area (Å²) >= 11 is 1.26. The fourth-order valence-corrected chi connectivity index (χ4v) is 1.88. The predicted octanol–water partition coefficient (Wildman–Crippen LogP) is 1.74. The molecule has 1 aromatic carbocycles. The lowest BCUT2D eigenvalue weighted by Gasteiger charge is -2.15. The van der Waals surface area contributed by atoms with Crippen molar-refractivity contribution in [3.05, 3.63) is 41.9 Å². The number of nitrogens with one attached hydrogen (secondary N) is 1. The molecule has 2 rings (SSSR count). The van der Waals surface area contributed by atoms with Crippen molar-refractivity contribution in [2.45, 2.75) is 0 Å². The van der Waals surface area contributed by atoms with Crippen molar-refractivity contribution >= 4 is 34.0 Å². The number of likely N-dealkylation sites (N-methyl/N-ethyl adjacent to an activating group) is 1. The third-order valence-corrected chi connectivity index (χ3v) is 2.98. The molecule has 0 aliphatic rings.